The Kier molecular flexibility index (Phi) is 3.27. The lowest BCUT2D eigenvalue weighted by atomic mass is 10.3. The normalized spacial score (nSPS) is 10.2. The van der Waals surface area contributed by atoms with E-state index >= 15 is 0 Å². The molecular formula is C12H12FN3O2. The van der Waals surface area contributed by atoms with Gasteiger partial charge in [-0.15, -0.1) is 0 Å². The number of aromatic nitrogens is 2. The molecule has 0 aliphatic heterocycles. The van der Waals surface area contributed by atoms with Crippen molar-refractivity contribution in [2.75, 3.05) is 12.4 Å². The number of hydrogen-bond donors (Lipinski definition) is 1. The van der Waals surface area contributed by atoms with Crippen LogP contribution in [0.3, 0.4) is 0 Å². The van der Waals surface area contributed by atoms with Gasteiger partial charge in [-0.25, -0.2) is 9.07 Å². The molecule has 0 aliphatic rings. The van der Waals surface area contributed by atoms with Crippen molar-refractivity contribution in [3.8, 4) is 5.75 Å². The SMILES string of the molecule is COc1cnn(C)c(=O)c1Nc1ccc(F)cc1. The lowest BCUT2D eigenvalue weighted by molar-refractivity contribution is 0.410. The van der Waals surface area contributed by atoms with Crippen LogP contribution >= 0.6 is 0 Å². The topological polar surface area (TPSA) is 56.2 Å². The molecule has 0 aliphatic carbocycles. The smallest absolute Gasteiger partial charge is 0.294 e. The summed E-state index contributed by atoms with van der Waals surface area (Å²) in [5.74, 6) is -0.00225. The Morgan fingerprint density at radius 1 is 1.33 bits per heavy atom. The fraction of sp³-hybridized carbons (Fsp3) is 0.167. The van der Waals surface area contributed by atoms with Crippen LogP contribution in [-0.2, 0) is 7.05 Å². The number of ether oxygens (including phenoxy) is 1. The molecular weight excluding hydrogens is 237 g/mol. The first-order valence-corrected chi connectivity index (χ1v) is 5.24. The molecule has 1 N–H and O–H groups in total. The van der Waals surface area contributed by atoms with Crippen LogP contribution < -0.4 is 15.6 Å². The van der Waals surface area contributed by atoms with E-state index in [0.29, 0.717) is 11.4 Å². The van der Waals surface area contributed by atoms with Crippen molar-refractivity contribution in [3.05, 3.63) is 46.6 Å². The number of hydrogen-bond acceptors (Lipinski definition) is 4. The maximum Gasteiger partial charge on any atom is 0.294 e. The molecule has 0 atom stereocenters. The molecule has 0 amide bonds. The molecule has 0 saturated heterocycles. The standard InChI is InChI=1S/C12H12FN3O2/c1-16-12(17)11(10(18-2)7-14-16)15-9-5-3-8(13)4-6-9/h3-7,15H,1-2H3. The van der Waals surface area contributed by atoms with Crippen LogP contribution in [0, 0.1) is 5.82 Å². The summed E-state index contributed by atoms with van der Waals surface area (Å²) in [4.78, 5) is 11.9. The Morgan fingerprint density at radius 3 is 2.61 bits per heavy atom. The molecule has 0 radical (unpaired) electrons. The van der Waals surface area contributed by atoms with E-state index in [4.69, 9.17) is 4.74 Å². The Hall–Kier alpha value is -2.37. The van der Waals surface area contributed by atoms with Crippen LogP contribution in [0.2, 0.25) is 0 Å². The van der Waals surface area contributed by atoms with Gasteiger partial charge in [0.25, 0.3) is 5.56 Å². The number of rotatable bonds is 3. The quantitative estimate of drug-likeness (QED) is 0.899. The van der Waals surface area contributed by atoms with Crippen LogP contribution in [0.15, 0.2) is 35.3 Å². The monoisotopic (exact) mass is 249 g/mol. The number of nitrogens with zero attached hydrogens (tertiary/aromatic N) is 2. The van der Waals surface area contributed by atoms with E-state index in [1.165, 1.54) is 49.3 Å². The fourth-order valence-corrected chi connectivity index (χ4v) is 1.47. The number of methoxy groups -OCH3 is 1. The number of halogens is 1. The van der Waals surface area contributed by atoms with E-state index in [0.717, 1.165) is 0 Å². The van der Waals surface area contributed by atoms with Gasteiger partial charge in [0, 0.05) is 12.7 Å². The molecule has 0 fully saturated rings. The van der Waals surface area contributed by atoms with Crippen molar-refractivity contribution in [2.24, 2.45) is 7.05 Å². The molecule has 1 heterocycles. The minimum absolute atomic E-state index is 0.265. The highest BCUT2D eigenvalue weighted by molar-refractivity contribution is 5.64. The third kappa shape index (κ3) is 2.32. The van der Waals surface area contributed by atoms with Crippen LogP contribution in [0.5, 0.6) is 5.75 Å². The summed E-state index contributed by atoms with van der Waals surface area (Å²) < 4.78 is 19.0. The van der Waals surface area contributed by atoms with E-state index in [2.05, 4.69) is 10.4 Å². The first-order chi connectivity index (χ1) is 8.61. The third-order valence-corrected chi connectivity index (χ3v) is 2.44. The largest absolute Gasteiger partial charge is 0.493 e. The van der Waals surface area contributed by atoms with Gasteiger partial charge in [-0.2, -0.15) is 5.10 Å². The van der Waals surface area contributed by atoms with E-state index < -0.39 is 0 Å². The van der Waals surface area contributed by atoms with E-state index in [-0.39, 0.29) is 17.1 Å². The van der Waals surface area contributed by atoms with Gasteiger partial charge < -0.3 is 10.1 Å². The van der Waals surface area contributed by atoms with Crippen molar-refractivity contribution in [2.45, 2.75) is 0 Å². The maximum atomic E-state index is 12.8. The van der Waals surface area contributed by atoms with Crippen LogP contribution in [-0.4, -0.2) is 16.9 Å². The highest BCUT2D eigenvalue weighted by Gasteiger charge is 2.10. The summed E-state index contributed by atoms with van der Waals surface area (Å²) in [5, 5.41) is 6.74. The molecule has 5 nitrogen and oxygen atoms in total. The minimum atomic E-state index is -0.338. The second kappa shape index (κ2) is 4.87. The van der Waals surface area contributed by atoms with Gasteiger partial charge in [-0.1, -0.05) is 0 Å². The molecule has 2 aromatic rings. The summed E-state index contributed by atoms with van der Waals surface area (Å²) in [7, 11) is 2.99. The zero-order chi connectivity index (χ0) is 13.1. The zero-order valence-corrected chi connectivity index (χ0v) is 9.98. The molecule has 0 spiro atoms. The first kappa shape index (κ1) is 12.1. The van der Waals surface area contributed by atoms with Crippen LogP contribution in [0.1, 0.15) is 0 Å². The second-order valence-corrected chi connectivity index (χ2v) is 3.65. The zero-order valence-electron chi connectivity index (χ0n) is 9.98. The number of benzene rings is 1. The van der Waals surface area contributed by atoms with Crippen molar-refractivity contribution in [3.63, 3.8) is 0 Å². The summed E-state index contributed by atoms with van der Waals surface area (Å²) in [5.41, 5.74) is 0.540. The van der Waals surface area contributed by atoms with Crippen molar-refractivity contribution in [1.29, 1.82) is 0 Å². The van der Waals surface area contributed by atoms with Gasteiger partial charge in [0.15, 0.2) is 11.4 Å². The lowest BCUT2D eigenvalue weighted by Gasteiger charge is -2.10. The summed E-state index contributed by atoms with van der Waals surface area (Å²) >= 11 is 0. The molecule has 0 unspecified atom stereocenters. The number of anilines is 2. The van der Waals surface area contributed by atoms with Gasteiger partial charge in [0.05, 0.1) is 13.3 Å². The minimum Gasteiger partial charge on any atom is -0.493 e. The Balaban J connectivity index is 2.42. The number of aryl methyl sites for hydroxylation is 1. The second-order valence-electron chi connectivity index (χ2n) is 3.65. The van der Waals surface area contributed by atoms with Gasteiger partial charge in [-0.05, 0) is 24.3 Å². The summed E-state index contributed by atoms with van der Waals surface area (Å²) in [6.07, 6.45) is 1.44. The van der Waals surface area contributed by atoms with Crippen LogP contribution in [0.25, 0.3) is 0 Å². The van der Waals surface area contributed by atoms with Crippen LogP contribution in [0.4, 0.5) is 15.8 Å². The molecule has 6 heteroatoms. The van der Waals surface area contributed by atoms with Gasteiger partial charge >= 0.3 is 0 Å². The van der Waals surface area contributed by atoms with Gasteiger partial charge in [-0.3, -0.25) is 4.79 Å². The van der Waals surface area contributed by atoms with E-state index in [1.807, 2.05) is 0 Å². The average Bonchev–Trinajstić information content (AvgIpc) is 2.38. The predicted molar refractivity (Wildman–Crippen MR) is 65.7 cm³/mol. The fourth-order valence-electron chi connectivity index (χ4n) is 1.47. The third-order valence-electron chi connectivity index (χ3n) is 2.44. The summed E-state index contributed by atoms with van der Waals surface area (Å²) in [6, 6.07) is 5.68. The first-order valence-electron chi connectivity index (χ1n) is 5.24. The Morgan fingerprint density at radius 2 is 2.00 bits per heavy atom. The molecule has 1 aromatic carbocycles. The summed E-state index contributed by atoms with van der Waals surface area (Å²) in [6.45, 7) is 0. The highest BCUT2D eigenvalue weighted by Crippen LogP contribution is 2.22. The van der Waals surface area contributed by atoms with E-state index in [9.17, 15) is 9.18 Å². The van der Waals surface area contributed by atoms with Gasteiger partial charge in [0.2, 0.25) is 0 Å². The number of nitrogens with one attached hydrogen (secondary N) is 1. The lowest BCUT2D eigenvalue weighted by Crippen LogP contribution is -2.22. The van der Waals surface area contributed by atoms with Gasteiger partial charge in [0.1, 0.15) is 5.82 Å². The van der Waals surface area contributed by atoms with E-state index in [1.54, 1.807) is 0 Å². The average molecular weight is 249 g/mol. The highest BCUT2D eigenvalue weighted by atomic mass is 19.1. The molecule has 0 bridgehead atoms. The molecule has 18 heavy (non-hydrogen) atoms. The van der Waals surface area contributed by atoms with Crippen molar-refractivity contribution < 1.29 is 9.13 Å². The van der Waals surface area contributed by atoms with Crippen molar-refractivity contribution in [1.82, 2.24) is 9.78 Å². The Labute approximate surface area is 103 Å². The molecule has 0 saturated carbocycles. The molecule has 2 rings (SSSR count). The maximum absolute atomic E-state index is 12.8. The predicted octanol–water partition coefficient (Wildman–Crippen LogP) is 1.67. The Bertz CT molecular complexity index is 608. The molecule has 1 aromatic heterocycles. The van der Waals surface area contributed by atoms with Crippen molar-refractivity contribution >= 4 is 11.4 Å². The molecule has 94 valence electrons.